The summed E-state index contributed by atoms with van der Waals surface area (Å²) in [5.41, 5.74) is -0.497. The zero-order valence-corrected chi connectivity index (χ0v) is 12.2. The first-order valence-corrected chi connectivity index (χ1v) is 7.82. The van der Waals surface area contributed by atoms with Crippen LogP contribution in [0.2, 0.25) is 0 Å². The smallest absolute Gasteiger partial charge is 0.345 e. The molecule has 0 aliphatic rings. The second-order valence-electron chi connectivity index (χ2n) is 4.11. The molecule has 0 aliphatic heterocycles. The van der Waals surface area contributed by atoms with Crippen molar-refractivity contribution in [3.05, 3.63) is 46.3 Å². The number of hydrogen-bond acceptors (Lipinski definition) is 4. The third-order valence-electron chi connectivity index (χ3n) is 2.55. The van der Waals surface area contributed by atoms with E-state index in [2.05, 4.69) is 0 Å². The van der Waals surface area contributed by atoms with Crippen molar-refractivity contribution in [2.24, 2.45) is 0 Å². The van der Waals surface area contributed by atoms with E-state index in [4.69, 9.17) is 5.11 Å². The summed E-state index contributed by atoms with van der Waals surface area (Å²) >= 11 is 0.514. The van der Waals surface area contributed by atoms with E-state index in [9.17, 15) is 22.0 Å². The summed E-state index contributed by atoms with van der Waals surface area (Å²) in [6.45, 7) is 1.34. The van der Waals surface area contributed by atoms with Gasteiger partial charge in [0.25, 0.3) is 10.0 Å². The van der Waals surface area contributed by atoms with E-state index in [0.29, 0.717) is 11.3 Å². The predicted octanol–water partition coefficient (Wildman–Crippen LogP) is 2.83. The molecule has 1 aromatic heterocycles. The Bertz CT molecular complexity index is 815. The highest BCUT2D eigenvalue weighted by atomic mass is 32.2. The molecule has 0 amide bonds. The van der Waals surface area contributed by atoms with E-state index in [1.165, 1.54) is 6.92 Å². The van der Waals surface area contributed by atoms with Crippen LogP contribution in [-0.4, -0.2) is 19.5 Å². The normalized spacial score (nSPS) is 11.4. The van der Waals surface area contributed by atoms with Gasteiger partial charge in [-0.2, -0.15) is 0 Å². The molecule has 9 heteroatoms. The van der Waals surface area contributed by atoms with Gasteiger partial charge in [-0.05, 0) is 30.7 Å². The van der Waals surface area contributed by atoms with Crippen molar-refractivity contribution < 1.29 is 27.1 Å². The highest BCUT2D eigenvalue weighted by Gasteiger charge is 2.21. The largest absolute Gasteiger partial charge is 0.477 e. The molecule has 0 bridgehead atoms. The van der Waals surface area contributed by atoms with E-state index < -0.39 is 33.3 Å². The Balaban J connectivity index is 2.37. The molecule has 0 saturated carbocycles. The Morgan fingerprint density at radius 2 is 1.90 bits per heavy atom. The van der Waals surface area contributed by atoms with Gasteiger partial charge in [-0.1, -0.05) is 0 Å². The van der Waals surface area contributed by atoms with Crippen LogP contribution < -0.4 is 4.72 Å². The van der Waals surface area contributed by atoms with Crippen molar-refractivity contribution in [2.75, 3.05) is 4.72 Å². The third kappa shape index (κ3) is 3.19. The van der Waals surface area contributed by atoms with Crippen molar-refractivity contribution in [3.8, 4) is 0 Å². The van der Waals surface area contributed by atoms with Gasteiger partial charge in [0, 0.05) is 6.07 Å². The fraction of sp³-hybridized carbons (Fsp3) is 0.0833. The lowest BCUT2D eigenvalue weighted by atomic mass is 10.2. The minimum absolute atomic E-state index is 0.0414. The fourth-order valence-corrected chi connectivity index (χ4v) is 3.70. The standard InChI is InChI=1S/C12H9F2NO4S2/c1-6-4-8(14)9(5-7(6)13)15-21(18,19)11-3-2-10(20-11)12(16)17/h2-5,15H,1H3,(H,16,17). The molecule has 0 unspecified atom stereocenters. The van der Waals surface area contributed by atoms with Crippen LogP contribution in [0.4, 0.5) is 14.5 Å². The van der Waals surface area contributed by atoms with Crippen LogP contribution in [0.5, 0.6) is 0 Å². The molecule has 0 atom stereocenters. The lowest BCUT2D eigenvalue weighted by Crippen LogP contribution is -2.13. The van der Waals surface area contributed by atoms with Crippen LogP contribution in [0.15, 0.2) is 28.5 Å². The molecule has 0 radical (unpaired) electrons. The van der Waals surface area contributed by atoms with Gasteiger partial charge in [-0.3, -0.25) is 4.72 Å². The number of aromatic carboxylic acids is 1. The predicted molar refractivity (Wildman–Crippen MR) is 73.2 cm³/mol. The highest BCUT2D eigenvalue weighted by Crippen LogP contribution is 2.26. The van der Waals surface area contributed by atoms with Crippen LogP contribution in [0.25, 0.3) is 0 Å². The lowest BCUT2D eigenvalue weighted by Gasteiger charge is -2.08. The first-order chi connectivity index (χ1) is 9.70. The van der Waals surface area contributed by atoms with E-state index in [1.54, 1.807) is 0 Å². The number of carboxylic acids is 1. The summed E-state index contributed by atoms with van der Waals surface area (Å²) in [7, 11) is -4.18. The molecule has 0 fully saturated rings. The molecule has 2 rings (SSSR count). The van der Waals surface area contributed by atoms with Crippen LogP contribution in [-0.2, 0) is 10.0 Å². The van der Waals surface area contributed by atoms with E-state index >= 15 is 0 Å². The van der Waals surface area contributed by atoms with Crippen molar-refractivity contribution in [1.82, 2.24) is 0 Å². The van der Waals surface area contributed by atoms with Gasteiger partial charge in [0.15, 0.2) is 0 Å². The molecular formula is C12H9F2NO4S2. The van der Waals surface area contributed by atoms with Crippen molar-refractivity contribution in [3.63, 3.8) is 0 Å². The maximum Gasteiger partial charge on any atom is 0.345 e. The lowest BCUT2D eigenvalue weighted by molar-refractivity contribution is 0.0702. The topological polar surface area (TPSA) is 83.5 Å². The average Bonchev–Trinajstić information content (AvgIpc) is 2.86. The number of benzene rings is 1. The molecule has 2 N–H and O–H groups in total. The third-order valence-corrected chi connectivity index (χ3v) is 5.48. The zero-order chi connectivity index (χ0) is 15.8. The van der Waals surface area contributed by atoms with E-state index in [0.717, 1.165) is 24.3 Å². The molecule has 21 heavy (non-hydrogen) atoms. The Morgan fingerprint density at radius 1 is 1.24 bits per heavy atom. The SMILES string of the molecule is Cc1cc(F)c(NS(=O)(=O)c2ccc(C(=O)O)s2)cc1F. The van der Waals surface area contributed by atoms with Crippen molar-refractivity contribution >= 4 is 33.0 Å². The van der Waals surface area contributed by atoms with Gasteiger partial charge in [-0.15, -0.1) is 11.3 Å². The van der Waals surface area contributed by atoms with E-state index in [1.807, 2.05) is 4.72 Å². The molecule has 2 aromatic rings. The minimum Gasteiger partial charge on any atom is -0.477 e. The van der Waals surface area contributed by atoms with Gasteiger partial charge in [-0.25, -0.2) is 22.0 Å². The zero-order valence-electron chi connectivity index (χ0n) is 10.6. The monoisotopic (exact) mass is 333 g/mol. The summed E-state index contributed by atoms with van der Waals surface area (Å²) in [4.78, 5) is 10.5. The Kier molecular flexibility index (Phi) is 3.97. The molecule has 0 saturated heterocycles. The first-order valence-electron chi connectivity index (χ1n) is 5.52. The second-order valence-corrected chi connectivity index (χ2v) is 7.10. The maximum absolute atomic E-state index is 13.6. The van der Waals surface area contributed by atoms with Gasteiger partial charge in [0.2, 0.25) is 0 Å². The van der Waals surface area contributed by atoms with E-state index in [-0.39, 0.29) is 14.6 Å². The molecule has 112 valence electrons. The maximum atomic E-state index is 13.6. The molecule has 1 aromatic carbocycles. The number of hydrogen-bond donors (Lipinski definition) is 2. The second kappa shape index (κ2) is 5.41. The Morgan fingerprint density at radius 3 is 2.48 bits per heavy atom. The number of aryl methyl sites for hydroxylation is 1. The highest BCUT2D eigenvalue weighted by molar-refractivity contribution is 7.94. The molecular weight excluding hydrogens is 324 g/mol. The first kappa shape index (κ1) is 15.4. The average molecular weight is 333 g/mol. The van der Waals surface area contributed by atoms with Gasteiger partial charge in [0.05, 0.1) is 5.69 Å². The number of sulfonamides is 1. The van der Waals surface area contributed by atoms with Crippen molar-refractivity contribution in [2.45, 2.75) is 11.1 Å². The van der Waals surface area contributed by atoms with Gasteiger partial charge in [0.1, 0.15) is 20.7 Å². The molecule has 0 spiro atoms. The summed E-state index contributed by atoms with van der Waals surface area (Å²) in [5, 5.41) is 8.75. The fourth-order valence-electron chi connectivity index (χ4n) is 1.50. The van der Waals surface area contributed by atoms with Crippen molar-refractivity contribution in [1.29, 1.82) is 0 Å². The van der Waals surface area contributed by atoms with Crippen LogP contribution in [0, 0.1) is 18.6 Å². The van der Waals surface area contributed by atoms with Crippen LogP contribution >= 0.6 is 11.3 Å². The number of halogens is 2. The number of nitrogens with one attached hydrogen (secondary N) is 1. The van der Waals surface area contributed by atoms with Gasteiger partial charge >= 0.3 is 5.97 Å². The Labute approximate surface area is 122 Å². The minimum atomic E-state index is -4.18. The van der Waals surface area contributed by atoms with Crippen LogP contribution in [0.3, 0.4) is 0 Å². The number of carbonyl (C=O) groups is 1. The summed E-state index contributed by atoms with van der Waals surface area (Å²) in [5.74, 6) is -2.95. The Hall–Kier alpha value is -2.00. The summed E-state index contributed by atoms with van der Waals surface area (Å²) in [6, 6.07) is 3.80. The number of rotatable bonds is 4. The summed E-state index contributed by atoms with van der Waals surface area (Å²) < 4.78 is 52.6. The van der Waals surface area contributed by atoms with Crippen LogP contribution in [0.1, 0.15) is 15.2 Å². The molecule has 0 aliphatic carbocycles. The summed E-state index contributed by atoms with van der Waals surface area (Å²) in [6.07, 6.45) is 0. The quantitative estimate of drug-likeness (QED) is 0.901. The number of thiophene rings is 1. The molecule has 5 nitrogen and oxygen atoms in total. The number of anilines is 1. The number of carboxylic acid groups (broad SMARTS) is 1. The van der Waals surface area contributed by atoms with Gasteiger partial charge < -0.3 is 5.11 Å². The molecule has 1 heterocycles.